The van der Waals surface area contributed by atoms with Gasteiger partial charge in [-0.3, -0.25) is 0 Å². The first-order valence-electron chi connectivity index (χ1n) is 7.10. The molecule has 108 valence electrons. The summed E-state index contributed by atoms with van der Waals surface area (Å²) in [6.45, 7) is 0.642. The topological polar surface area (TPSA) is 79.2 Å². The van der Waals surface area contributed by atoms with Gasteiger partial charge in [0.2, 0.25) is 10.0 Å². The van der Waals surface area contributed by atoms with Gasteiger partial charge in [0.1, 0.15) is 5.54 Å². The minimum atomic E-state index is -3.45. The Morgan fingerprint density at radius 1 is 1.21 bits per heavy atom. The summed E-state index contributed by atoms with van der Waals surface area (Å²) >= 11 is 0. The van der Waals surface area contributed by atoms with E-state index in [0.717, 1.165) is 38.5 Å². The first-order valence-corrected chi connectivity index (χ1v) is 8.75. The summed E-state index contributed by atoms with van der Waals surface area (Å²) in [6, 6.07) is 2.21. The van der Waals surface area contributed by atoms with Crippen molar-refractivity contribution in [2.45, 2.75) is 63.0 Å². The number of nitriles is 1. The molecule has 2 rings (SSSR count). The van der Waals surface area contributed by atoms with Crippen LogP contribution in [0.1, 0.15) is 51.4 Å². The Morgan fingerprint density at radius 2 is 1.89 bits per heavy atom. The van der Waals surface area contributed by atoms with Crippen molar-refractivity contribution in [2.24, 2.45) is 0 Å². The summed E-state index contributed by atoms with van der Waals surface area (Å²) in [6.07, 6.45) is 6.73. The highest BCUT2D eigenvalue weighted by atomic mass is 32.2. The molecule has 2 fully saturated rings. The third kappa shape index (κ3) is 4.16. The highest BCUT2D eigenvalue weighted by Crippen LogP contribution is 2.27. The zero-order valence-corrected chi connectivity index (χ0v) is 12.0. The highest BCUT2D eigenvalue weighted by molar-refractivity contribution is 7.89. The van der Waals surface area contributed by atoms with Crippen LogP contribution in [0.2, 0.25) is 0 Å². The second-order valence-corrected chi connectivity index (χ2v) is 7.39. The van der Waals surface area contributed by atoms with Crippen molar-refractivity contribution >= 4 is 10.0 Å². The number of hydrogen-bond donors (Lipinski definition) is 1. The zero-order chi connectivity index (χ0) is 13.8. The molecule has 19 heavy (non-hydrogen) atoms. The van der Waals surface area contributed by atoms with Crippen LogP contribution in [-0.4, -0.2) is 32.4 Å². The van der Waals surface area contributed by atoms with Gasteiger partial charge in [0, 0.05) is 6.61 Å². The molecule has 1 atom stereocenters. The first kappa shape index (κ1) is 14.8. The summed E-state index contributed by atoms with van der Waals surface area (Å²) in [5.74, 6) is -0.0174. The number of nitrogens with one attached hydrogen (secondary N) is 1. The van der Waals surface area contributed by atoms with Crippen LogP contribution in [0.3, 0.4) is 0 Å². The van der Waals surface area contributed by atoms with Crippen LogP contribution in [-0.2, 0) is 14.8 Å². The summed E-state index contributed by atoms with van der Waals surface area (Å²) < 4.78 is 32.4. The van der Waals surface area contributed by atoms with Crippen LogP contribution in [0.4, 0.5) is 0 Å². The van der Waals surface area contributed by atoms with Crippen LogP contribution in [0, 0.1) is 11.3 Å². The summed E-state index contributed by atoms with van der Waals surface area (Å²) in [4.78, 5) is 0. The van der Waals surface area contributed by atoms with Crippen LogP contribution in [0.15, 0.2) is 0 Å². The van der Waals surface area contributed by atoms with Gasteiger partial charge in [0.15, 0.2) is 0 Å². The molecule has 5 nitrogen and oxygen atoms in total. The fourth-order valence-corrected chi connectivity index (χ4v) is 4.61. The molecular weight excluding hydrogens is 264 g/mol. The third-order valence-electron chi connectivity index (χ3n) is 3.95. The van der Waals surface area contributed by atoms with Crippen LogP contribution in [0.5, 0.6) is 0 Å². The van der Waals surface area contributed by atoms with Crippen LogP contribution < -0.4 is 4.72 Å². The van der Waals surface area contributed by atoms with Crippen molar-refractivity contribution in [3.8, 4) is 6.07 Å². The first-order chi connectivity index (χ1) is 9.05. The monoisotopic (exact) mass is 286 g/mol. The number of hydrogen-bond acceptors (Lipinski definition) is 4. The van der Waals surface area contributed by atoms with E-state index in [0.29, 0.717) is 19.4 Å². The fourth-order valence-electron chi connectivity index (χ4n) is 2.93. The molecule has 0 spiro atoms. The Labute approximate surface area is 115 Å². The van der Waals surface area contributed by atoms with Gasteiger partial charge in [-0.05, 0) is 25.7 Å². The van der Waals surface area contributed by atoms with Crippen molar-refractivity contribution in [1.82, 2.24) is 4.72 Å². The molecule has 1 N–H and O–H groups in total. The number of rotatable bonds is 4. The van der Waals surface area contributed by atoms with E-state index in [4.69, 9.17) is 4.74 Å². The molecule has 1 saturated heterocycles. The Hall–Kier alpha value is -0.640. The Kier molecular flexibility index (Phi) is 4.82. The van der Waals surface area contributed by atoms with Crippen molar-refractivity contribution < 1.29 is 13.2 Å². The lowest BCUT2D eigenvalue weighted by molar-refractivity contribution is 0.127. The zero-order valence-electron chi connectivity index (χ0n) is 11.2. The normalized spacial score (nSPS) is 27.6. The summed E-state index contributed by atoms with van der Waals surface area (Å²) in [5.41, 5.74) is -0.895. The van der Waals surface area contributed by atoms with Gasteiger partial charge in [-0.2, -0.15) is 9.98 Å². The molecular formula is C13H22N2O3S. The molecule has 0 aromatic rings. The molecule has 0 aromatic heterocycles. The predicted molar refractivity (Wildman–Crippen MR) is 71.9 cm³/mol. The highest BCUT2D eigenvalue weighted by Gasteiger charge is 2.36. The molecule has 1 unspecified atom stereocenters. The molecule has 1 saturated carbocycles. The summed E-state index contributed by atoms with van der Waals surface area (Å²) in [7, 11) is -3.45. The number of sulfonamides is 1. The van der Waals surface area contributed by atoms with Gasteiger partial charge >= 0.3 is 0 Å². The Bertz CT molecular complexity index is 427. The van der Waals surface area contributed by atoms with E-state index in [2.05, 4.69) is 10.8 Å². The molecule has 2 aliphatic rings. The van der Waals surface area contributed by atoms with Crippen molar-refractivity contribution in [2.75, 3.05) is 12.4 Å². The predicted octanol–water partition coefficient (Wildman–Crippen LogP) is 1.70. The lowest BCUT2D eigenvalue weighted by Gasteiger charge is -2.26. The quantitative estimate of drug-likeness (QED) is 0.798. The van der Waals surface area contributed by atoms with Gasteiger partial charge in [0.05, 0.1) is 17.9 Å². The summed E-state index contributed by atoms with van der Waals surface area (Å²) in [5, 5.41) is 9.38. The van der Waals surface area contributed by atoms with Gasteiger partial charge in [-0.15, -0.1) is 0 Å². The van der Waals surface area contributed by atoms with E-state index >= 15 is 0 Å². The number of ether oxygens (including phenoxy) is 1. The number of nitrogens with zero attached hydrogens (tertiary/aromatic N) is 1. The maximum Gasteiger partial charge on any atom is 0.215 e. The maximum absolute atomic E-state index is 12.2. The Morgan fingerprint density at radius 3 is 2.42 bits per heavy atom. The standard InChI is InChI=1S/C13H22N2O3S/c14-11-13(7-3-1-2-4-8-13)15-19(16,17)10-12-6-5-9-18-12/h12,15H,1-10H2. The molecule has 0 amide bonds. The van der Waals surface area contributed by atoms with Gasteiger partial charge in [-0.1, -0.05) is 25.7 Å². The second-order valence-electron chi connectivity index (χ2n) is 5.63. The second kappa shape index (κ2) is 6.21. The SMILES string of the molecule is N#CC1(NS(=O)(=O)CC2CCCO2)CCCCCC1. The van der Waals surface area contributed by atoms with Crippen LogP contribution >= 0.6 is 0 Å². The molecule has 6 heteroatoms. The van der Waals surface area contributed by atoms with E-state index in [1.807, 2.05) is 0 Å². The fraction of sp³-hybridized carbons (Fsp3) is 0.923. The van der Waals surface area contributed by atoms with E-state index in [1.165, 1.54) is 0 Å². The molecule has 0 radical (unpaired) electrons. The van der Waals surface area contributed by atoms with E-state index in [9.17, 15) is 13.7 Å². The van der Waals surface area contributed by atoms with Crippen LogP contribution in [0.25, 0.3) is 0 Å². The van der Waals surface area contributed by atoms with Gasteiger partial charge in [-0.25, -0.2) is 8.42 Å². The molecule has 0 aromatic carbocycles. The van der Waals surface area contributed by atoms with Crippen molar-refractivity contribution in [3.63, 3.8) is 0 Å². The lowest BCUT2D eigenvalue weighted by Crippen LogP contribution is -2.49. The Balaban J connectivity index is 2.01. The van der Waals surface area contributed by atoms with Crippen molar-refractivity contribution in [1.29, 1.82) is 5.26 Å². The van der Waals surface area contributed by atoms with E-state index in [-0.39, 0.29) is 11.9 Å². The minimum absolute atomic E-state index is 0.0174. The average molecular weight is 286 g/mol. The lowest BCUT2D eigenvalue weighted by atomic mass is 9.94. The van der Waals surface area contributed by atoms with Gasteiger partial charge < -0.3 is 4.74 Å². The van der Waals surface area contributed by atoms with Crippen molar-refractivity contribution in [3.05, 3.63) is 0 Å². The van der Waals surface area contributed by atoms with Gasteiger partial charge in [0.25, 0.3) is 0 Å². The van der Waals surface area contributed by atoms with E-state index < -0.39 is 15.6 Å². The molecule has 1 aliphatic heterocycles. The third-order valence-corrected chi connectivity index (χ3v) is 5.46. The van der Waals surface area contributed by atoms with E-state index in [1.54, 1.807) is 0 Å². The molecule has 1 aliphatic carbocycles. The largest absolute Gasteiger partial charge is 0.377 e. The molecule has 1 heterocycles. The maximum atomic E-state index is 12.2. The smallest absolute Gasteiger partial charge is 0.215 e. The average Bonchev–Trinajstić information content (AvgIpc) is 2.73. The molecule has 0 bridgehead atoms. The minimum Gasteiger partial charge on any atom is -0.377 e.